The van der Waals surface area contributed by atoms with E-state index in [9.17, 15) is 0 Å². The van der Waals surface area contributed by atoms with Gasteiger partial charge in [0, 0.05) is 22.7 Å². The van der Waals surface area contributed by atoms with Crippen molar-refractivity contribution in [3.8, 4) is 0 Å². The molecule has 0 bridgehead atoms. The molecule has 25 heavy (non-hydrogen) atoms. The third-order valence-corrected chi connectivity index (χ3v) is 6.93. The standard InChI is InChI=1S/C19H20ClN3OS/c1-11-9-19(18-12(6-7-24-19)8-16(20)25-18)10-15(21-11)17-13-4-2-3-5-14(13)22-23-17/h2-5,8,11,15,21H,6-7,9-10H2,1H3,(H,22,23). The minimum absolute atomic E-state index is 0.183. The molecule has 3 atom stereocenters. The van der Waals surface area contributed by atoms with E-state index in [-0.39, 0.29) is 11.6 Å². The van der Waals surface area contributed by atoms with Crippen molar-refractivity contribution in [2.45, 2.75) is 43.9 Å². The van der Waals surface area contributed by atoms with Crippen molar-refractivity contribution in [2.75, 3.05) is 6.61 Å². The van der Waals surface area contributed by atoms with Gasteiger partial charge in [0.05, 0.1) is 28.2 Å². The van der Waals surface area contributed by atoms with E-state index in [0.29, 0.717) is 6.04 Å². The number of halogens is 1. The number of nitrogens with one attached hydrogen (secondary N) is 2. The van der Waals surface area contributed by atoms with E-state index in [1.54, 1.807) is 11.3 Å². The van der Waals surface area contributed by atoms with Gasteiger partial charge in [0.2, 0.25) is 0 Å². The number of aromatic amines is 1. The summed E-state index contributed by atoms with van der Waals surface area (Å²) in [6, 6.07) is 10.9. The van der Waals surface area contributed by atoms with Crippen molar-refractivity contribution in [1.29, 1.82) is 0 Å². The molecule has 0 aliphatic carbocycles. The summed E-state index contributed by atoms with van der Waals surface area (Å²) in [6.07, 6.45) is 2.83. The predicted molar refractivity (Wildman–Crippen MR) is 101 cm³/mol. The zero-order chi connectivity index (χ0) is 17.0. The van der Waals surface area contributed by atoms with Crippen molar-refractivity contribution in [3.05, 3.63) is 50.8 Å². The Morgan fingerprint density at radius 2 is 2.20 bits per heavy atom. The van der Waals surface area contributed by atoms with Gasteiger partial charge in [0.15, 0.2) is 0 Å². The van der Waals surface area contributed by atoms with Gasteiger partial charge in [-0.15, -0.1) is 11.3 Å². The molecule has 2 aliphatic heterocycles. The average molecular weight is 374 g/mol. The lowest BCUT2D eigenvalue weighted by Crippen LogP contribution is -2.49. The van der Waals surface area contributed by atoms with Crippen LogP contribution in [0.4, 0.5) is 0 Å². The van der Waals surface area contributed by atoms with Crippen LogP contribution in [0.15, 0.2) is 30.3 Å². The molecule has 0 amide bonds. The maximum absolute atomic E-state index is 6.43. The average Bonchev–Trinajstić information content (AvgIpc) is 3.18. The quantitative estimate of drug-likeness (QED) is 0.657. The van der Waals surface area contributed by atoms with Gasteiger partial charge in [-0.3, -0.25) is 5.10 Å². The Morgan fingerprint density at radius 3 is 3.12 bits per heavy atom. The second-order valence-corrected chi connectivity index (χ2v) is 8.86. The van der Waals surface area contributed by atoms with Crippen LogP contribution in [0.25, 0.3) is 10.9 Å². The first-order valence-electron chi connectivity index (χ1n) is 8.76. The fourth-order valence-electron chi connectivity index (χ4n) is 4.49. The molecule has 130 valence electrons. The molecule has 4 nitrogen and oxygen atoms in total. The number of ether oxygens (including phenoxy) is 1. The molecule has 2 aromatic heterocycles. The summed E-state index contributed by atoms with van der Waals surface area (Å²) in [6.45, 7) is 3.00. The summed E-state index contributed by atoms with van der Waals surface area (Å²) in [5.74, 6) is 0. The Labute approximate surface area is 155 Å². The van der Waals surface area contributed by atoms with E-state index in [4.69, 9.17) is 16.3 Å². The molecule has 6 heteroatoms. The van der Waals surface area contributed by atoms with Crippen molar-refractivity contribution >= 4 is 33.8 Å². The van der Waals surface area contributed by atoms with Crippen molar-refractivity contribution in [1.82, 2.24) is 15.5 Å². The number of hydrogen-bond acceptors (Lipinski definition) is 4. The molecule has 3 aromatic rings. The topological polar surface area (TPSA) is 49.9 Å². The molecule has 5 rings (SSSR count). The molecular weight excluding hydrogens is 354 g/mol. The molecule has 0 radical (unpaired) electrons. The number of fused-ring (bicyclic) bond motifs is 3. The van der Waals surface area contributed by atoms with Crippen LogP contribution in [0.2, 0.25) is 4.34 Å². The summed E-state index contributed by atoms with van der Waals surface area (Å²) in [7, 11) is 0. The Bertz CT molecular complexity index is 936. The number of benzene rings is 1. The largest absolute Gasteiger partial charge is 0.369 e. The number of thiophene rings is 1. The fourth-order valence-corrected chi connectivity index (χ4v) is 5.95. The van der Waals surface area contributed by atoms with Crippen molar-refractivity contribution in [3.63, 3.8) is 0 Å². The molecule has 2 aliphatic rings. The lowest BCUT2D eigenvalue weighted by Gasteiger charge is -2.46. The Balaban J connectivity index is 1.58. The number of para-hydroxylation sites is 1. The highest BCUT2D eigenvalue weighted by Crippen LogP contribution is 2.50. The van der Waals surface area contributed by atoms with Crippen LogP contribution < -0.4 is 5.32 Å². The minimum atomic E-state index is -0.243. The molecule has 2 N–H and O–H groups in total. The Morgan fingerprint density at radius 1 is 1.32 bits per heavy atom. The van der Waals surface area contributed by atoms with E-state index in [2.05, 4.69) is 40.6 Å². The van der Waals surface area contributed by atoms with Crippen LogP contribution >= 0.6 is 22.9 Å². The van der Waals surface area contributed by atoms with Crippen molar-refractivity contribution in [2.24, 2.45) is 0 Å². The Hall–Kier alpha value is -1.40. The van der Waals surface area contributed by atoms with E-state index in [1.165, 1.54) is 15.8 Å². The second kappa shape index (κ2) is 5.81. The Kier molecular flexibility index (Phi) is 3.68. The summed E-state index contributed by atoms with van der Waals surface area (Å²) >= 11 is 8.02. The van der Waals surface area contributed by atoms with Crippen LogP contribution in [-0.2, 0) is 16.8 Å². The zero-order valence-corrected chi connectivity index (χ0v) is 15.6. The number of nitrogens with zero attached hydrogens (tertiary/aromatic N) is 1. The highest BCUT2D eigenvalue weighted by Gasteiger charge is 2.46. The van der Waals surface area contributed by atoms with Crippen LogP contribution in [-0.4, -0.2) is 22.8 Å². The molecule has 1 spiro atoms. The molecule has 1 fully saturated rings. The summed E-state index contributed by atoms with van der Waals surface area (Å²) in [4.78, 5) is 1.32. The number of H-pyrrole nitrogens is 1. The SMILES string of the molecule is CC1CC2(CC(c3[nH]nc4ccccc34)N1)OCCc1cc(Cl)sc12. The van der Waals surface area contributed by atoms with Crippen LogP contribution in [0.1, 0.15) is 41.9 Å². The summed E-state index contributed by atoms with van der Waals surface area (Å²) in [5, 5.41) is 12.7. The first kappa shape index (κ1) is 15.8. The lowest BCUT2D eigenvalue weighted by molar-refractivity contribution is -0.0956. The van der Waals surface area contributed by atoms with Gasteiger partial charge < -0.3 is 10.1 Å². The highest BCUT2D eigenvalue weighted by molar-refractivity contribution is 7.16. The van der Waals surface area contributed by atoms with Gasteiger partial charge in [-0.2, -0.15) is 5.10 Å². The minimum Gasteiger partial charge on any atom is -0.369 e. The molecule has 0 saturated carbocycles. The van der Waals surface area contributed by atoms with Gasteiger partial charge in [-0.05, 0) is 37.5 Å². The smallest absolute Gasteiger partial charge is 0.106 e. The summed E-state index contributed by atoms with van der Waals surface area (Å²) < 4.78 is 7.30. The molecule has 4 heterocycles. The van der Waals surface area contributed by atoms with Crippen molar-refractivity contribution < 1.29 is 4.74 Å². The highest BCUT2D eigenvalue weighted by atomic mass is 35.5. The zero-order valence-electron chi connectivity index (χ0n) is 14.0. The number of aromatic nitrogens is 2. The molecule has 1 aromatic carbocycles. The second-order valence-electron chi connectivity index (χ2n) is 7.18. The summed E-state index contributed by atoms with van der Waals surface area (Å²) in [5.41, 5.74) is 3.28. The monoisotopic (exact) mass is 373 g/mol. The first-order valence-corrected chi connectivity index (χ1v) is 9.96. The lowest BCUT2D eigenvalue weighted by atomic mass is 9.79. The first-order chi connectivity index (χ1) is 12.1. The molecule has 3 unspecified atom stereocenters. The number of rotatable bonds is 1. The van der Waals surface area contributed by atoms with Crippen LogP contribution in [0.5, 0.6) is 0 Å². The molecule has 1 saturated heterocycles. The van der Waals surface area contributed by atoms with Gasteiger partial charge in [-0.1, -0.05) is 29.8 Å². The fraction of sp³-hybridized carbons (Fsp3) is 0.421. The van der Waals surface area contributed by atoms with E-state index in [0.717, 1.165) is 41.4 Å². The normalized spacial score (nSPS) is 29.2. The van der Waals surface area contributed by atoms with Crippen LogP contribution in [0.3, 0.4) is 0 Å². The van der Waals surface area contributed by atoms with Gasteiger partial charge in [0.25, 0.3) is 0 Å². The van der Waals surface area contributed by atoms with E-state index < -0.39 is 0 Å². The molecular formula is C19H20ClN3OS. The maximum Gasteiger partial charge on any atom is 0.106 e. The predicted octanol–water partition coefficient (Wildman–Crippen LogP) is 4.56. The van der Waals surface area contributed by atoms with Gasteiger partial charge in [-0.25, -0.2) is 0 Å². The third-order valence-electron chi connectivity index (χ3n) is 5.44. The van der Waals surface area contributed by atoms with Crippen LogP contribution in [0, 0.1) is 0 Å². The third kappa shape index (κ3) is 2.53. The number of piperidine rings is 1. The van der Waals surface area contributed by atoms with Gasteiger partial charge in [0.1, 0.15) is 5.60 Å². The maximum atomic E-state index is 6.43. The number of hydrogen-bond donors (Lipinski definition) is 2. The van der Waals surface area contributed by atoms with Gasteiger partial charge >= 0.3 is 0 Å². The van der Waals surface area contributed by atoms with E-state index in [1.807, 2.05) is 12.1 Å². The van der Waals surface area contributed by atoms with E-state index >= 15 is 0 Å².